The molecule has 0 heterocycles. The number of unbranched alkanes of at least 4 members (excludes halogenated alkanes) is 3. The maximum Gasteiger partial charge on any atom is 0.399 e. The first-order valence-corrected chi connectivity index (χ1v) is 9.17. The minimum absolute atomic E-state index is 0.342. The number of alkyl halides is 3. The third-order valence-electron chi connectivity index (χ3n) is 4.68. The van der Waals surface area contributed by atoms with Gasteiger partial charge in [0.15, 0.2) is 0 Å². The molecule has 1 aromatic rings. The van der Waals surface area contributed by atoms with Gasteiger partial charge in [-0.25, -0.2) is 0 Å². The fraction of sp³-hybridized carbons (Fsp3) is 0.429. The van der Waals surface area contributed by atoms with Crippen LogP contribution in [0.2, 0.25) is 0 Å². The Balaban J connectivity index is 2.38. The molecule has 0 saturated carbocycles. The Morgan fingerprint density at radius 1 is 1.16 bits per heavy atom. The monoisotopic (exact) mass is 368 g/mol. The zero-order valence-electron chi connectivity index (χ0n) is 14.7. The van der Waals surface area contributed by atoms with Crippen molar-refractivity contribution in [2.24, 2.45) is 0 Å². The molecule has 25 heavy (non-hydrogen) atoms. The number of fused-ring (bicyclic) bond motifs is 1. The third kappa shape index (κ3) is 4.78. The van der Waals surface area contributed by atoms with E-state index < -0.39 is 12.1 Å². The Hall–Kier alpha value is -1.48. The normalized spacial score (nSPS) is 18.3. The summed E-state index contributed by atoms with van der Waals surface area (Å²) in [5.41, 5.74) is 4.31. The number of hydrogen-bond donors (Lipinski definition) is 0. The topological polar surface area (TPSA) is 0 Å². The van der Waals surface area contributed by atoms with Gasteiger partial charge < -0.3 is 0 Å². The van der Waals surface area contributed by atoms with E-state index in [9.17, 15) is 13.2 Å². The third-order valence-corrected chi connectivity index (χ3v) is 4.81. The maximum absolute atomic E-state index is 13.7. The van der Waals surface area contributed by atoms with Gasteiger partial charge in [-0.1, -0.05) is 68.1 Å². The summed E-state index contributed by atoms with van der Waals surface area (Å²) in [7, 11) is 0. The minimum Gasteiger partial charge on any atom is -0.170 e. The van der Waals surface area contributed by atoms with Gasteiger partial charge in [0.05, 0.1) is 0 Å². The van der Waals surface area contributed by atoms with Gasteiger partial charge in [-0.2, -0.15) is 13.2 Å². The summed E-state index contributed by atoms with van der Waals surface area (Å²) < 4.78 is 41.2. The highest BCUT2D eigenvalue weighted by atomic mass is 35.5. The maximum atomic E-state index is 13.7. The van der Waals surface area contributed by atoms with Crippen LogP contribution < -0.4 is 0 Å². The van der Waals surface area contributed by atoms with Crippen molar-refractivity contribution in [3.63, 3.8) is 0 Å². The van der Waals surface area contributed by atoms with Crippen molar-refractivity contribution in [3.05, 3.63) is 64.2 Å². The molecule has 0 aliphatic heterocycles. The molecule has 1 aliphatic rings. The summed E-state index contributed by atoms with van der Waals surface area (Å²) in [6, 6.07) is 6.80. The predicted octanol–water partition coefficient (Wildman–Crippen LogP) is 7.77. The average Bonchev–Trinajstić information content (AvgIpc) is 2.84. The fourth-order valence-corrected chi connectivity index (χ4v) is 3.58. The van der Waals surface area contributed by atoms with Crippen molar-refractivity contribution in [1.29, 1.82) is 0 Å². The largest absolute Gasteiger partial charge is 0.399 e. The lowest BCUT2D eigenvalue weighted by atomic mass is 9.92. The van der Waals surface area contributed by atoms with E-state index in [2.05, 4.69) is 6.92 Å². The number of halogens is 4. The second-order valence-corrected chi connectivity index (χ2v) is 6.72. The molecule has 1 unspecified atom stereocenters. The van der Waals surface area contributed by atoms with Crippen LogP contribution in [0.1, 0.15) is 63.0 Å². The van der Waals surface area contributed by atoms with E-state index in [1.54, 1.807) is 43.3 Å². The second kappa shape index (κ2) is 8.75. The molecule has 0 nitrogen and oxygen atoms in total. The Labute approximate surface area is 153 Å². The van der Waals surface area contributed by atoms with Crippen molar-refractivity contribution in [2.45, 2.75) is 58.0 Å². The lowest BCUT2D eigenvalue weighted by Crippen LogP contribution is -2.20. The highest BCUT2D eigenvalue weighted by Gasteiger charge is 2.47. The quantitative estimate of drug-likeness (QED) is 0.340. The molecule has 2 rings (SSSR count). The van der Waals surface area contributed by atoms with Crippen molar-refractivity contribution in [2.75, 3.05) is 0 Å². The van der Waals surface area contributed by atoms with Crippen molar-refractivity contribution in [3.8, 4) is 0 Å². The van der Waals surface area contributed by atoms with Gasteiger partial charge in [0, 0.05) is 5.54 Å². The molecular weight excluding hydrogens is 345 g/mol. The van der Waals surface area contributed by atoms with Crippen LogP contribution in [-0.2, 0) is 0 Å². The van der Waals surface area contributed by atoms with E-state index in [-0.39, 0.29) is 0 Å². The van der Waals surface area contributed by atoms with Gasteiger partial charge in [0.2, 0.25) is 0 Å². The summed E-state index contributed by atoms with van der Waals surface area (Å²) >= 11 is 5.71. The highest BCUT2D eigenvalue weighted by Crippen LogP contribution is 2.50. The number of allylic oxidation sites excluding steroid dienone is 5. The molecular formula is C21H24ClF3. The summed E-state index contributed by atoms with van der Waals surface area (Å²) in [5.74, 6) is -1.56. The van der Waals surface area contributed by atoms with E-state index in [4.69, 9.17) is 11.6 Å². The molecule has 0 radical (unpaired) electrons. The van der Waals surface area contributed by atoms with Gasteiger partial charge in [-0.15, -0.1) is 0 Å². The molecule has 0 amide bonds. The Kier molecular flexibility index (Phi) is 6.95. The summed E-state index contributed by atoms with van der Waals surface area (Å²) in [6.45, 7) is 3.91. The van der Waals surface area contributed by atoms with E-state index in [0.717, 1.165) is 37.7 Å². The Morgan fingerprint density at radius 2 is 1.88 bits per heavy atom. The lowest BCUT2D eigenvalue weighted by Gasteiger charge is -2.19. The molecule has 0 spiro atoms. The van der Waals surface area contributed by atoms with Crippen LogP contribution in [0.4, 0.5) is 13.2 Å². The molecule has 0 N–H and O–H groups in total. The first kappa shape index (κ1) is 19.8. The van der Waals surface area contributed by atoms with Crippen molar-refractivity contribution < 1.29 is 13.2 Å². The molecule has 0 fully saturated rings. The standard InChI is InChI=1S/C21H24ClF3/c1-3-4-5-6-9-16(12-13-22)14-19-15(2)17-10-7-8-11-18(17)20(19)21(23,24)25/h7-8,10-14,20H,3-6,9H2,1-2H3/b13-12+,16-14-. The van der Waals surface area contributed by atoms with Gasteiger partial charge >= 0.3 is 6.18 Å². The highest BCUT2D eigenvalue weighted by molar-refractivity contribution is 6.25. The van der Waals surface area contributed by atoms with Gasteiger partial charge in [0.25, 0.3) is 0 Å². The zero-order chi connectivity index (χ0) is 18.4. The number of benzene rings is 1. The van der Waals surface area contributed by atoms with Gasteiger partial charge in [-0.05, 0) is 53.7 Å². The smallest absolute Gasteiger partial charge is 0.170 e. The molecule has 136 valence electrons. The van der Waals surface area contributed by atoms with Gasteiger partial charge in [0.1, 0.15) is 5.92 Å². The molecule has 1 aliphatic carbocycles. The molecule has 1 atom stereocenters. The SMILES string of the molecule is CCCCCCC(=C/C1=C(C)c2ccccc2C1C(F)(F)F)/C=C/Cl. The Morgan fingerprint density at radius 3 is 2.52 bits per heavy atom. The van der Waals surface area contributed by atoms with E-state index in [1.807, 2.05) is 0 Å². The minimum atomic E-state index is -4.31. The van der Waals surface area contributed by atoms with Crippen LogP contribution in [-0.4, -0.2) is 6.18 Å². The first-order valence-electron chi connectivity index (χ1n) is 8.74. The van der Waals surface area contributed by atoms with Crippen molar-refractivity contribution in [1.82, 2.24) is 0 Å². The van der Waals surface area contributed by atoms with E-state index in [0.29, 0.717) is 22.3 Å². The molecule has 0 aromatic heterocycles. The number of rotatable bonds is 7. The summed E-state index contributed by atoms with van der Waals surface area (Å²) in [6.07, 6.45) is 4.12. The summed E-state index contributed by atoms with van der Waals surface area (Å²) in [4.78, 5) is 0. The zero-order valence-corrected chi connectivity index (χ0v) is 15.4. The van der Waals surface area contributed by atoms with Crippen LogP contribution >= 0.6 is 11.6 Å². The van der Waals surface area contributed by atoms with Crippen LogP contribution in [0.5, 0.6) is 0 Å². The number of hydrogen-bond acceptors (Lipinski definition) is 0. The second-order valence-electron chi connectivity index (χ2n) is 6.46. The van der Waals surface area contributed by atoms with Crippen molar-refractivity contribution >= 4 is 17.2 Å². The molecule has 4 heteroatoms. The summed E-state index contributed by atoms with van der Waals surface area (Å²) in [5, 5.41) is 0. The van der Waals surface area contributed by atoms with Gasteiger partial charge in [-0.3, -0.25) is 0 Å². The van der Waals surface area contributed by atoms with Crippen LogP contribution in [0, 0.1) is 0 Å². The van der Waals surface area contributed by atoms with E-state index >= 15 is 0 Å². The fourth-order valence-electron chi connectivity index (χ4n) is 3.41. The lowest BCUT2D eigenvalue weighted by molar-refractivity contribution is -0.140. The molecule has 0 bridgehead atoms. The predicted molar refractivity (Wildman–Crippen MR) is 99.7 cm³/mol. The Bertz CT molecular complexity index is 681. The van der Waals surface area contributed by atoms with Crippen LogP contribution in [0.25, 0.3) is 5.57 Å². The molecule has 1 aromatic carbocycles. The van der Waals surface area contributed by atoms with Crippen LogP contribution in [0.15, 0.2) is 53.1 Å². The average molecular weight is 369 g/mol. The van der Waals surface area contributed by atoms with E-state index in [1.165, 1.54) is 5.54 Å². The molecule has 0 saturated heterocycles. The first-order chi connectivity index (χ1) is 11.9. The van der Waals surface area contributed by atoms with Crippen LogP contribution in [0.3, 0.4) is 0 Å².